The lowest BCUT2D eigenvalue weighted by Gasteiger charge is -2.13. The van der Waals surface area contributed by atoms with Gasteiger partial charge in [0, 0.05) is 18.4 Å². The summed E-state index contributed by atoms with van der Waals surface area (Å²) in [4.78, 5) is 4.27. The third kappa shape index (κ3) is 3.71. The Labute approximate surface area is 101 Å². The van der Waals surface area contributed by atoms with Crippen LogP contribution in [0.25, 0.3) is 0 Å². The fourth-order valence-electron chi connectivity index (χ4n) is 1.59. The molecule has 0 fully saturated rings. The van der Waals surface area contributed by atoms with Crippen LogP contribution in [-0.2, 0) is 4.74 Å². The summed E-state index contributed by atoms with van der Waals surface area (Å²) in [7, 11) is 0. The van der Waals surface area contributed by atoms with Crippen LogP contribution in [0.15, 0.2) is 6.07 Å². The van der Waals surface area contributed by atoms with Gasteiger partial charge in [0.1, 0.15) is 18.2 Å². The number of nitrogens with zero attached hydrogens (tertiary/aromatic N) is 1. The van der Waals surface area contributed by atoms with Gasteiger partial charge in [-0.3, -0.25) is 10.4 Å². The number of amidine groups is 1. The lowest BCUT2D eigenvalue weighted by atomic mass is 10.1. The summed E-state index contributed by atoms with van der Waals surface area (Å²) in [6.45, 7) is 7.26. The number of hydrogen-bond donors (Lipinski definition) is 2. The highest BCUT2D eigenvalue weighted by Gasteiger charge is 2.12. The molecule has 0 atom stereocenters. The van der Waals surface area contributed by atoms with E-state index in [1.807, 2.05) is 20.8 Å². The Hall–Kier alpha value is -1.62. The highest BCUT2D eigenvalue weighted by molar-refractivity contribution is 5.98. The molecular weight excluding hydrogens is 218 g/mol. The number of hydrogen-bond acceptors (Lipinski definition) is 4. The summed E-state index contributed by atoms with van der Waals surface area (Å²) in [5.74, 6) is 0.573. The van der Waals surface area contributed by atoms with E-state index < -0.39 is 0 Å². The van der Waals surface area contributed by atoms with Gasteiger partial charge in [0.2, 0.25) is 0 Å². The molecule has 0 bridgehead atoms. The fourth-order valence-corrected chi connectivity index (χ4v) is 1.59. The van der Waals surface area contributed by atoms with Gasteiger partial charge in [0.15, 0.2) is 0 Å². The van der Waals surface area contributed by atoms with Crippen molar-refractivity contribution in [1.82, 2.24) is 4.98 Å². The molecule has 1 aromatic rings. The molecule has 0 aliphatic carbocycles. The van der Waals surface area contributed by atoms with Crippen LogP contribution >= 0.6 is 0 Å². The van der Waals surface area contributed by atoms with E-state index in [-0.39, 0.29) is 5.84 Å². The molecule has 17 heavy (non-hydrogen) atoms. The first-order valence-corrected chi connectivity index (χ1v) is 5.59. The third-order valence-electron chi connectivity index (χ3n) is 2.25. The van der Waals surface area contributed by atoms with Gasteiger partial charge in [-0.15, -0.1) is 0 Å². The Balaban J connectivity index is 2.85. The monoisotopic (exact) mass is 237 g/mol. The van der Waals surface area contributed by atoms with E-state index in [0.29, 0.717) is 36.8 Å². The van der Waals surface area contributed by atoms with E-state index in [9.17, 15) is 0 Å². The molecule has 3 N–H and O–H groups in total. The second kappa shape index (κ2) is 6.20. The predicted octanol–water partition coefficient (Wildman–Crippen LogP) is 1.40. The SMILES string of the molecule is CCOCCOc1cc(C)nc(C)c1C(=N)N. The topological polar surface area (TPSA) is 81.2 Å². The molecule has 0 aromatic carbocycles. The molecule has 1 heterocycles. The normalized spacial score (nSPS) is 10.3. The lowest BCUT2D eigenvalue weighted by Crippen LogP contribution is -2.17. The van der Waals surface area contributed by atoms with E-state index in [0.717, 1.165) is 5.69 Å². The lowest BCUT2D eigenvalue weighted by molar-refractivity contribution is 0.110. The van der Waals surface area contributed by atoms with Crippen LogP contribution < -0.4 is 10.5 Å². The summed E-state index contributed by atoms with van der Waals surface area (Å²) < 4.78 is 10.8. The van der Waals surface area contributed by atoms with E-state index in [4.69, 9.17) is 20.6 Å². The van der Waals surface area contributed by atoms with Gasteiger partial charge in [0.05, 0.1) is 17.9 Å². The number of aromatic nitrogens is 1. The van der Waals surface area contributed by atoms with Crippen LogP contribution in [0, 0.1) is 19.3 Å². The summed E-state index contributed by atoms with van der Waals surface area (Å²) in [6.07, 6.45) is 0. The van der Waals surface area contributed by atoms with Gasteiger partial charge in [-0.2, -0.15) is 0 Å². The Morgan fingerprint density at radius 2 is 2.12 bits per heavy atom. The Morgan fingerprint density at radius 3 is 2.71 bits per heavy atom. The second-order valence-corrected chi connectivity index (χ2v) is 3.68. The van der Waals surface area contributed by atoms with Crippen LogP contribution in [0.1, 0.15) is 23.9 Å². The van der Waals surface area contributed by atoms with Crippen molar-refractivity contribution in [3.8, 4) is 5.75 Å². The molecule has 0 saturated heterocycles. The van der Waals surface area contributed by atoms with Gasteiger partial charge in [0.25, 0.3) is 0 Å². The van der Waals surface area contributed by atoms with Gasteiger partial charge < -0.3 is 15.2 Å². The van der Waals surface area contributed by atoms with Crippen molar-refractivity contribution in [2.45, 2.75) is 20.8 Å². The van der Waals surface area contributed by atoms with Crippen molar-refractivity contribution in [2.24, 2.45) is 5.73 Å². The van der Waals surface area contributed by atoms with Gasteiger partial charge in [-0.05, 0) is 20.8 Å². The first-order valence-electron chi connectivity index (χ1n) is 5.59. The number of rotatable bonds is 6. The summed E-state index contributed by atoms with van der Waals surface area (Å²) >= 11 is 0. The molecule has 0 aliphatic heterocycles. The molecular formula is C12H19N3O2. The van der Waals surface area contributed by atoms with Crippen molar-refractivity contribution >= 4 is 5.84 Å². The van der Waals surface area contributed by atoms with Crippen molar-refractivity contribution in [3.63, 3.8) is 0 Å². The maximum atomic E-state index is 7.53. The van der Waals surface area contributed by atoms with Gasteiger partial charge >= 0.3 is 0 Å². The number of nitrogens with one attached hydrogen (secondary N) is 1. The van der Waals surface area contributed by atoms with Crippen LogP contribution in [0.5, 0.6) is 5.75 Å². The summed E-state index contributed by atoms with van der Waals surface area (Å²) in [5, 5.41) is 7.53. The highest BCUT2D eigenvalue weighted by Crippen LogP contribution is 2.21. The molecule has 0 saturated carbocycles. The van der Waals surface area contributed by atoms with Gasteiger partial charge in [-0.1, -0.05) is 0 Å². The van der Waals surface area contributed by atoms with E-state index in [2.05, 4.69) is 4.98 Å². The van der Waals surface area contributed by atoms with E-state index in [1.165, 1.54) is 0 Å². The smallest absolute Gasteiger partial charge is 0.133 e. The number of aryl methyl sites for hydroxylation is 2. The zero-order valence-corrected chi connectivity index (χ0v) is 10.5. The van der Waals surface area contributed by atoms with Crippen molar-refractivity contribution in [2.75, 3.05) is 19.8 Å². The molecule has 1 rings (SSSR count). The maximum absolute atomic E-state index is 7.53. The molecule has 5 nitrogen and oxygen atoms in total. The number of ether oxygens (including phenoxy) is 2. The van der Waals surface area contributed by atoms with Crippen LogP contribution in [0.2, 0.25) is 0 Å². The van der Waals surface area contributed by atoms with Crippen molar-refractivity contribution < 1.29 is 9.47 Å². The molecule has 0 spiro atoms. The van der Waals surface area contributed by atoms with Gasteiger partial charge in [-0.25, -0.2) is 0 Å². The Bertz CT molecular complexity index is 405. The predicted molar refractivity (Wildman–Crippen MR) is 66.7 cm³/mol. The molecule has 0 amide bonds. The second-order valence-electron chi connectivity index (χ2n) is 3.68. The number of pyridine rings is 1. The molecule has 0 aliphatic rings. The third-order valence-corrected chi connectivity index (χ3v) is 2.25. The molecule has 94 valence electrons. The molecule has 0 unspecified atom stereocenters. The first-order chi connectivity index (χ1) is 8.06. The Morgan fingerprint density at radius 1 is 1.41 bits per heavy atom. The first kappa shape index (κ1) is 13.4. The minimum absolute atomic E-state index is 0.0265. The van der Waals surface area contributed by atoms with E-state index in [1.54, 1.807) is 6.07 Å². The average Bonchev–Trinajstić information content (AvgIpc) is 2.22. The van der Waals surface area contributed by atoms with Crippen molar-refractivity contribution in [3.05, 3.63) is 23.0 Å². The molecule has 1 aromatic heterocycles. The maximum Gasteiger partial charge on any atom is 0.133 e. The summed E-state index contributed by atoms with van der Waals surface area (Å²) in [5.41, 5.74) is 7.65. The van der Waals surface area contributed by atoms with Crippen LogP contribution in [0.4, 0.5) is 0 Å². The molecule has 0 radical (unpaired) electrons. The summed E-state index contributed by atoms with van der Waals surface area (Å²) in [6, 6.07) is 1.79. The van der Waals surface area contributed by atoms with E-state index >= 15 is 0 Å². The zero-order valence-electron chi connectivity index (χ0n) is 10.5. The molecule has 5 heteroatoms. The van der Waals surface area contributed by atoms with Crippen LogP contribution in [0.3, 0.4) is 0 Å². The quantitative estimate of drug-likeness (QED) is 0.445. The number of nitrogens with two attached hydrogens (primary N) is 1. The highest BCUT2D eigenvalue weighted by atomic mass is 16.5. The fraction of sp³-hybridized carbons (Fsp3) is 0.500. The number of nitrogen functional groups attached to an aromatic ring is 1. The minimum Gasteiger partial charge on any atom is -0.490 e. The standard InChI is InChI=1S/C12H19N3O2/c1-4-16-5-6-17-10-7-8(2)15-9(3)11(10)12(13)14/h7H,4-6H2,1-3H3,(H3,13,14). The minimum atomic E-state index is -0.0265. The average molecular weight is 237 g/mol. The van der Waals surface area contributed by atoms with Crippen LogP contribution in [-0.4, -0.2) is 30.6 Å². The zero-order chi connectivity index (χ0) is 12.8. The van der Waals surface area contributed by atoms with Crippen molar-refractivity contribution in [1.29, 1.82) is 5.41 Å². The Kier molecular flexibility index (Phi) is 4.90. The largest absolute Gasteiger partial charge is 0.490 e.